The molecule has 12 heteroatoms. The van der Waals surface area contributed by atoms with Crippen LogP contribution in [-0.4, -0.2) is 34.5 Å². The molecule has 0 atom stereocenters. The molecule has 3 aromatic rings. The highest BCUT2D eigenvalue weighted by Crippen LogP contribution is 2.32. The maximum absolute atomic E-state index is 12.7. The second-order valence-electron chi connectivity index (χ2n) is 3.94. The van der Waals surface area contributed by atoms with Gasteiger partial charge in [0.05, 0.1) is 4.92 Å². The lowest BCUT2D eigenvalue weighted by Gasteiger charge is -1.92. The van der Waals surface area contributed by atoms with E-state index in [0.717, 1.165) is 15.9 Å². The number of nitro groups is 1. The molecular formula is C9H7F2N7O2S. The van der Waals surface area contributed by atoms with Crippen LogP contribution < -0.4 is 0 Å². The molecule has 0 radical (unpaired) electrons. The van der Waals surface area contributed by atoms with Gasteiger partial charge in [0, 0.05) is 6.54 Å². The van der Waals surface area contributed by atoms with Crippen LogP contribution in [0.15, 0.2) is 6.20 Å². The van der Waals surface area contributed by atoms with Crippen molar-refractivity contribution in [3.63, 3.8) is 0 Å². The fraction of sp³-hybridized carbons (Fsp3) is 0.333. The zero-order valence-electron chi connectivity index (χ0n) is 10.5. The summed E-state index contributed by atoms with van der Waals surface area (Å²) in [6.07, 6.45) is -1.57. The highest BCUT2D eigenvalue weighted by molar-refractivity contribution is 7.19. The molecule has 3 aromatic heterocycles. The number of aromatic nitrogens is 6. The van der Waals surface area contributed by atoms with Crippen LogP contribution >= 0.6 is 11.3 Å². The quantitative estimate of drug-likeness (QED) is 0.538. The van der Waals surface area contributed by atoms with Gasteiger partial charge in [-0.05, 0) is 6.92 Å². The summed E-state index contributed by atoms with van der Waals surface area (Å²) in [5, 5.41) is 26.0. The topological polar surface area (TPSA) is 104 Å². The number of fused-ring (bicyclic) bond motifs is 1. The normalized spacial score (nSPS) is 11.6. The number of rotatable bonds is 4. The minimum Gasteiger partial charge on any atom is -0.265 e. The predicted octanol–water partition coefficient (Wildman–Crippen LogP) is 1.91. The molecule has 0 aliphatic rings. The third kappa shape index (κ3) is 2.12. The van der Waals surface area contributed by atoms with E-state index in [1.54, 1.807) is 6.92 Å². The highest BCUT2D eigenvalue weighted by atomic mass is 32.1. The SMILES string of the molecule is CCn1cc([N+](=O)[O-])c(-c2nn3c(C(F)F)nnc3s2)n1. The van der Waals surface area contributed by atoms with E-state index < -0.39 is 17.2 Å². The van der Waals surface area contributed by atoms with Crippen LogP contribution in [0.2, 0.25) is 0 Å². The molecule has 0 aliphatic heterocycles. The van der Waals surface area contributed by atoms with Crippen molar-refractivity contribution in [3.05, 3.63) is 22.1 Å². The van der Waals surface area contributed by atoms with E-state index in [0.29, 0.717) is 6.54 Å². The molecule has 0 aromatic carbocycles. The number of hydrogen-bond donors (Lipinski definition) is 0. The molecule has 0 aliphatic carbocycles. The van der Waals surface area contributed by atoms with E-state index in [1.807, 2.05) is 0 Å². The fourth-order valence-corrected chi connectivity index (χ4v) is 2.56. The van der Waals surface area contributed by atoms with Gasteiger partial charge in [0.15, 0.2) is 5.01 Å². The van der Waals surface area contributed by atoms with Crippen LogP contribution in [-0.2, 0) is 6.54 Å². The van der Waals surface area contributed by atoms with Gasteiger partial charge in [-0.1, -0.05) is 11.3 Å². The molecule has 21 heavy (non-hydrogen) atoms. The summed E-state index contributed by atoms with van der Waals surface area (Å²) in [6.45, 7) is 2.21. The van der Waals surface area contributed by atoms with E-state index >= 15 is 0 Å². The molecule has 3 heterocycles. The smallest absolute Gasteiger partial charge is 0.265 e. The number of aryl methyl sites for hydroxylation is 1. The van der Waals surface area contributed by atoms with Gasteiger partial charge < -0.3 is 0 Å². The van der Waals surface area contributed by atoms with E-state index in [-0.39, 0.29) is 21.3 Å². The summed E-state index contributed by atoms with van der Waals surface area (Å²) in [6, 6.07) is 0. The maximum atomic E-state index is 12.7. The molecule has 0 unspecified atom stereocenters. The van der Waals surface area contributed by atoms with Crippen molar-refractivity contribution in [2.24, 2.45) is 0 Å². The Labute approximate surface area is 119 Å². The molecule has 0 amide bonds. The Kier molecular flexibility index (Phi) is 3.08. The Morgan fingerprint density at radius 1 is 1.43 bits per heavy atom. The van der Waals surface area contributed by atoms with Crippen molar-refractivity contribution >= 4 is 22.0 Å². The lowest BCUT2D eigenvalue weighted by molar-refractivity contribution is -0.384. The first kappa shape index (κ1) is 13.5. The fourth-order valence-electron chi connectivity index (χ4n) is 1.72. The van der Waals surface area contributed by atoms with E-state index in [2.05, 4.69) is 20.4 Å². The minimum atomic E-state index is -2.84. The van der Waals surface area contributed by atoms with Gasteiger partial charge in [0.1, 0.15) is 6.20 Å². The molecule has 0 N–H and O–H groups in total. The lowest BCUT2D eigenvalue weighted by Crippen LogP contribution is -1.97. The predicted molar refractivity (Wildman–Crippen MR) is 67.2 cm³/mol. The zero-order valence-corrected chi connectivity index (χ0v) is 11.3. The molecule has 110 valence electrons. The van der Waals surface area contributed by atoms with Gasteiger partial charge in [-0.15, -0.1) is 10.2 Å². The van der Waals surface area contributed by atoms with Crippen molar-refractivity contribution in [3.8, 4) is 10.7 Å². The third-order valence-electron chi connectivity index (χ3n) is 2.68. The van der Waals surface area contributed by atoms with Crippen LogP contribution in [0.25, 0.3) is 15.7 Å². The van der Waals surface area contributed by atoms with Crippen molar-refractivity contribution in [2.45, 2.75) is 19.9 Å². The number of hydrogen-bond acceptors (Lipinski definition) is 7. The molecule has 0 spiro atoms. The second-order valence-corrected chi connectivity index (χ2v) is 4.89. The molecule has 0 saturated heterocycles. The monoisotopic (exact) mass is 315 g/mol. The van der Waals surface area contributed by atoms with Crippen LogP contribution in [0.1, 0.15) is 19.2 Å². The number of alkyl halides is 2. The van der Waals surface area contributed by atoms with Gasteiger partial charge in [0.2, 0.25) is 16.5 Å². The molecule has 3 rings (SSSR count). The Morgan fingerprint density at radius 2 is 2.19 bits per heavy atom. The van der Waals surface area contributed by atoms with E-state index in [4.69, 9.17) is 0 Å². The number of halogens is 2. The maximum Gasteiger partial charge on any atom is 0.317 e. The first-order valence-electron chi connectivity index (χ1n) is 5.73. The van der Waals surface area contributed by atoms with Crippen LogP contribution in [0, 0.1) is 10.1 Å². The lowest BCUT2D eigenvalue weighted by atomic mass is 10.4. The Bertz CT molecular complexity index is 823. The van der Waals surface area contributed by atoms with Crippen LogP contribution in [0.4, 0.5) is 14.5 Å². The minimum absolute atomic E-state index is 0.0255. The highest BCUT2D eigenvalue weighted by Gasteiger charge is 2.26. The molecule has 0 bridgehead atoms. The third-order valence-corrected chi connectivity index (χ3v) is 3.58. The molecular weight excluding hydrogens is 308 g/mol. The molecule has 0 saturated carbocycles. The summed E-state index contributed by atoms with van der Waals surface area (Å²) >= 11 is 0.909. The summed E-state index contributed by atoms with van der Waals surface area (Å²) in [5.41, 5.74) is -0.210. The van der Waals surface area contributed by atoms with E-state index in [9.17, 15) is 18.9 Å². The van der Waals surface area contributed by atoms with Crippen LogP contribution in [0.5, 0.6) is 0 Å². The molecule has 0 fully saturated rings. The summed E-state index contributed by atoms with van der Waals surface area (Å²) in [7, 11) is 0. The van der Waals surface area contributed by atoms with Crippen molar-refractivity contribution in [2.75, 3.05) is 0 Å². The average Bonchev–Trinajstić information content (AvgIpc) is 3.10. The first-order valence-corrected chi connectivity index (χ1v) is 6.55. The van der Waals surface area contributed by atoms with E-state index in [1.165, 1.54) is 10.9 Å². The zero-order chi connectivity index (χ0) is 15.1. The standard InChI is InChI=1S/C9H7F2N7O2S/c1-2-16-3-4(18(19)20)5(14-16)8-15-17-7(6(10)11)12-13-9(17)21-8/h3,6H,2H2,1H3. The van der Waals surface area contributed by atoms with Gasteiger partial charge in [-0.2, -0.15) is 14.7 Å². The Morgan fingerprint density at radius 3 is 2.81 bits per heavy atom. The molecule has 9 nitrogen and oxygen atoms in total. The Balaban J connectivity index is 2.16. The van der Waals surface area contributed by atoms with Gasteiger partial charge in [-0.25, -0.2) is 8.78 Å². The first-order chi connectivity index (χ1) is 10.0. The van der Waals surface area contributed by atoms with Gasteiger partial charge in [-0.3, -0.25) is 14.8 Å². The van der Waals surface area contributed by atoms with Gasteiger partial charge >= 0.3 is 5.69 Å². The second kappa shape index (κ2) is 4.80. The van der Waals surface area contributed by atoms with Gasteiger partial charge in [0.25, 0.3) is 6.43 Å². The summed E-state index contributed by atoms with van der Waals surface area (Å²) < 4.78 is 27.7. The van der Waals surface area contributed by atoms with Crippen molar-refractivity contribution in [1.29, 1.82) is 0 Å². The average molecular weight is 315 g/mol. The largest absolute Gasteiger partial charge is 0.317 e. The summed E-state index contributed by atoms with van der Waals surface area (Å²) in [4.78, 5) is 10.6. The Hall–Kier alpha value is -2.50. The van der Waals surface area contributed by atoms with Crippen LogP contribution in [0.3, 0.4) is 0 Å². The number of nitrogens with zero attached hydrogens (tertiary/aromatic N) is 7. The van der Waals surface area contributed by atoms with Crippen molar-refractivity contribution in [1.82, 2.24) is 29.6 Å². The van der Waals surface area contributed by atoms with Crippen molar-refractivity contribution < 1.29 is 13.7 Å². The summed E-state index contributed by atoms with van der Waals surface area (Å²) in [5.74, 6) is -0.606.